The van der Waals surface area contributed by atoms with Gasteiger partial charge in [0.1, 0.15) is 5.37 Å². The van der Waals surface area contributed by atoms with Crippen LogP contribution in [-0.2, 0) is 0 Å². The van der Waals surface area contributed by atoms with Crippen LogP contribution in [0.2, 0.25) is 0 Å². The van der Waals surface area contributed by atoms with Gasteiger partial charge in [0.05, 0.1) is 11.4 Å². The highest BCUT2D eigenvalue weighted by Crippen LogP contribution is 2.40. The SMILES string of the molecule is [O-]N(O)c1ccc([C@@H]2Nn3c(nnc3-c3cccc(N([O-])O)c3)S2)cc1. The zero-order valence-corrected chi connectivity index (χ0v) is 13.9. The molecule has 1 aromatic heterocycles. The van der Waals surface area contributed by atoms with Crippen molar-refractivity contribution in [2.45, 2.75) is 10.5 Å². The number of rotatable bonds is 4. The van der Waals surface area contributed by atoms with Gasteiger partial charge in [-0.1, -0.05) is 36.0 Å². The van der Waals surface area contributed by atoms with Gasteiger partial charge in [-0.2, -0.15) is 0 Å². The molecule has 0 bridgehead atoms. The molecule has 134 valence electrons. The van der Waals surface area contributed by atoms with E-state index in [0.717, 1.165) is 5.56 Å². The van der Waals surface area contributed by atoms with Crippen LogP contribution < -0.4 is 15.9 Å². The first-order valence-corrected chi connectivity index (χ1v) is 8.32. The molecule has 0 amide bonds. The minimum Gasteiger partial charge on any atom is -0.733 e. The van der Waals surface area contributed by atoms with Gasteiger partial charge >= 0.3 is 0 Å². The lowest BCUT2D eigenvalue weighted by Gasteiger charge is -2.22. The number of fused-ring (bicyclic) bond motifs is 1. The van der Waals surface area contributed by atoms with Crippen molar-refractivity contribution < 1.29 is 10.4 Å². The van der Waals surface area contributed by atoms with Crippen LogP contribution in [0, 0.1) is 10.4 Å². The van der Waals surface area contributed by atoms with Crippen LogP contribution in [0.1, 0.15) is 10.9 Å². The molecule has 0 spiro atoms. The fraction of sp³-hybridized carbons (Fsp3) is 0.0667. The van der Waals surface area contributed by atoms with Gasteiger partial charge < -0.3 is 26.3 Å². The number of benzene rings is 2. The molecule has 0 radical (unpaired) electrons. The van der Waals surface area contributed by atoms with E-state index in [0.29, 0.717) is 16.5 Å². The van der Waals surface area contributed by atoms with Crippen LogP contribution in [0.15, 0.2) is 53.7 Å². The molecule has 0 unspecified atom stereocenters. The van der Waals surface area contributed by atoms with Crippen molar-refractivity contribution in [2.24, 2.45) is 0 Å². The van der Waals surface area contributed by atoms with E-state index >= 15 is 0 Å². The van der Waals surface area contributed by atoms with Gasteiger partial charge in [0, 0.05) is 5.56 Å². The van der Waals surface area contributed by atoms with E-state index in [2.05, 4.69) is 15.6 Å². The summed E-state index contributed by atoms with van der Waals surface area (Å²) in [5, 5.41) is 48.2. The Kier molecular flexibility index (Phi) is 4.14. The summed E-state index contributed by atoms with van der Waals surface area (Å²) < 4.78 is 1.70. The molecule has 0 saturated heterocycles. The lowest BCUT2D eigenvalue weighted by Crippen LogP contribution is -2.14. The molecule has 1 aliphatic rings. The normalized spacial score (nSPS) is 15.5. The van der Waals surface area contributed by atoms with Gasteiger partial charge in [0.25, 0.3) is 0 Å². The highest BCUT2D eigenvalue weighted by molar-refractivity contribution is 7.99. The van der Waals surface area contributed by atoms with Gasteiger partial charge in [-0.05, 0) is 29.8 Å². The second-order valence-electron chi connectivity index (χ2n) is 5.46. The zero-order valence-electron chi connectivity index (χ0n) is 13.1. The maximum Gasteiger partial charge on any atom is 0.212 e. The van der Waals surface area contributed by atoms with Crippen LogP contribution in [0.25, 0.3) is 11.4 Å². The Balaban J connectivity index is 1.60. The first-order chi connectivity index (χ1) is 12.5. The van der Waals surface area contributed by atoms with Gasteiger partial charge in [-0.25, -0.2) is 4.68 Å². The van der Waals surface area contributed by atoms with E-state index in [1.54, 1.807) is 28.9 Å². The third kappa shape index (κ3) is 2.94. The molecule has 2 aromatic carbocycles. The molecule has 26 heavy (non-hydrogen) atoms. The topological polar surface area (TPSA) is 136 Å². The maximum atomic E-state index is 11.1. The molecule has 2 heterocycles. The minimum absolute atomic E-state index is 0.0869. The summed E-state index contributed by atoms with van der Waals surface area (Å²) in [6, 6.07) is 12.8. The van der Waals surface area contributed by atoms with E-state index in [1.807, 2.05) is 0 Å². The third-order valence-corrected chi connectivity index (χ3v) is 4.93. The highest BCUT2D eigenvalue weighted by atomic mass is 32.2. The molecule has 4 rings (SSSR count). The Labute approximate surface area is 151 Å². The first kappa shape index (κ1) is 16.6. The van der Waals surface area contributed by atoms with Crippen molar-refractivity contribution in [2.75, 3.05) is 15.9 Å². The molecule has 0 aliphatic carbocycles. The van der Waals surface area contributed by atoms with Crippen LogP contribution in [0.5, 0.6) is 0 Å². The van der Waals surface area contributed by atoms with Crippen molar-refractivity contribution in [1.29, 1.82) is 0 Å². The summed E-state index contributed by atoms with van der Waals surface area (Å²) in [5.74, 6) is 0.497. The van der Waals surface area contributed by atoms with Crippen LogP contribution >= 0.6 is 11.8 Å². The van der Waals surface area contributed by atoms with Gasteiger partial charge in [-0.3, -0.25) is 10.4 Å². The van der Waals surface area contributed by atoms with Crippen molar-refractivity contribution in [3.8, 4) is 11.4 Å². The summed E-state index contributed by atoms with van der Waals surface area (Å²) in [4.78, 5) is 0. The van der Waals surface area contributed by atoms with Crippen LogP contribution in [-0.4, -0.2) is 25.3 Å². The minimum atomic E-state index is -0.211. The smallest absolute Gasteiger partial charge is 0.212 e. The van der Waals surface area contributed by atoms with Crippen molar-refractivity contribution in [3.63, 3.8) is 0 Å². The van der Waals surface area contributed by atoms with E-state index in [1.165, 1.54) is 36.0 Å². The average Bonchev–Trinajstić information content (AvgIpc) is 3.22. The summed E-state index contributed by atoms with van der Waals surface area (Å²) in [6.45, 7) is 0. The Morgan fingerprint density at radius 1 is 1.00 bits per heavy atom. The van der Waals surface area contributed by atoms with Crippen LogP contribution in [0.3, 0.4) is 0 Å². The molecule has 1 atom stereocenters. The largest absolute Gasteiger partial charge is 0.733 e. The number of nitrogens with zero attached hydrogens (tertiary/aromatic N) is 5. The van der Waals surface area contributed by atoms with Gasteiger partial charge in [0.15, 0.2) is 5.82 Å². The summed E-state index contributed by atoms with van der Waals surface area (Å²) in [7, 11) is 0. The molecular formula is C15H12N6O4S-2. The number of nitrogens with one attached hydrogen (secondary N) is 1. The number of anilines is 2. The highest BCUT2D eigenvalue weighted by Gasteiger charge is 2.28. The number of hydrogen-bond acceptors (Lipinski definition) is 10. The van der Waals surface area contributed by atoms with E-state index in [9.17, 15) is 10.4 Å². The van der Waals surface area contributed by atoms with E-state index in [4.69, 9.17) is 10.4 Å². The average molecular weight is 372 g/mol. The first-order valence-electron chi connectivity index (χ1n) is 7.44. The molecule has 0 saturated carbocycles. The fourth-order valence-electron chi connectivity index (χ4n) is 2.58. The fourth-order valence-corrected chi connectivity index (χ4v) is 3.58. The van der Waals surface area contributed by atoms with E-state index in [-0.39, 0.29) is 27.2 Å². The molecule has 11 heteroatoms. The second kappa shape index (κ2) is 6.48. The second-order valence-corrected chi connectivity index (χ2v) is 6.53. The summed E-state index contributed by atoms with van der Waals surface area (Å²) in [6.07, 6.45) is 0. The quantitative estimate of drug-likeness (QED) is 0.586. The van der Waals surface area contributed by atoms with E-state index < -0.39 is 0 Å². The number of thioether (sulfide) groups is 1. The summed E-state index contributed by atoms with van der Waals surface area (Å²) >= 11 is 1.43. The number of aromatic nitrogens is 3. The standard InChI is InChI=1S/C15H12N6O4S/c22-20(23)11-6-4-9(5-7-11)14-18-19-13(16-17-15(19)26-14)10-2-1-3-12(8-10)21(24)25/h1-8,14,18,22,24H/q-2/t14-/m1/s1. The maximum absolute atomic E-state index is 11.1. The molecule has 3 N–H and O–H groups in total. The Hall–Kier alpha value is -2.83. The van der Waals surface area contributed by atoms with Gasteiger partial charge in [0.2, 0.25) is 5.16 Å². The predicted octanol–water partition coefficient (Wildman–Crippen LogP) is 2.68. The third-order valence-electron chi connectivity index (χ3n) is 3.84. The molecule has 10 nitrogen and oxygen atoms in total. The van der Waals surface area contributed by atoms with Crippen molar-refractivity contribution >= 4 is 23.1 Å². The molecule has 3 aromatic rings. The Morgan fingerprint density at radius 3 is 2.42 bits per heavy atom. The lowest BCUT2D eigenvalue weighted by molar-refractivity contribution is 0.296. The monoisotopic (exact) mass is 372 g/mol. The molecule has 1 aliphatic heterocycles. The van der Waals surface area contributed by atoms with Crippen molar-refractivity contribution in [1.82, 2.24) is 14.9 Å². The van der Waals surface area contributed by atoms with Crippen LogP contribution in [0.4, 0.5) is 11.4 Å². The lowest BCUT2D eigenvalue weighted by atomic mass is 10.2. The number of hydrogen-bond donors (Lipinski definition) is 3. The predicted molar refractivity (Wildman–Crippen MR) is 95.1 cm³/mol. The molecular weight excluding hydrogens is 360 g/mol. The van der Waals surface area contributed by atoms with Gasteiger partial charge in [-0.15, -0.1) is 10.2 Å². The molecule has 0 fully saturated rings. The Bertz CT molecular complexity index is 930. The zero-order chi connectivity index (χ0) is 18.3. The Morgan fingerprint density at radius 2 is 1.73 bits per heavy atom. The summed E-state index contributed by atoms with van der Waals surface area (Å²) in [5.41, 5.74) is 4.96. The van der Waals surface area contributed by atoms with Crippen molar-refractivity contribution in [3.05, 3.63) is 64.5 Å².